The average molecular weight is 407 g/mol. The van der Waals surface area contributed by atoms with Gasteiger partial charge in [0.15, 0.2) is 0 Å². The minimum atomic E-state index is 0.972. The predicted molar refractivity (Wildman–Crippen MR) is 46.9 cm³/mol. The van der Waals surface area contributed by atoms with E-state index in [1.807, 2.05) is 0 Å². The first kappa shape index (κ1) is 36.0. The van der Waals surface area contributed by atoms with Crippen LogP contribution in [-0.4, -0.2) is 10.7 Å². The average Bonchev–Trinajstić information content (AvgIpc) is 2.50. The molecular formula is C10H9NO5W. The Hall–Kier alpha value is -1.03. The topological polar surface area (TPSA) is 112 Å². The van der Waals surface area contributed by atoms with Crippen LogP contribution in [-0.2, 0) is 42.6 Å². The van der Waals surface area contributed by atoms with Crippen LogP contribution in [0.25, 0.3) is 0 Å². The molecule has 0 rings (SSSR count). The van der Waals surface area contributed by atoms with Crippen molar-refractivity contribution in [1.29, 1.82) is 0 Å². The van der Waals surface area contributed by atoms with Gasteiger partial charge in [-0.1, -0.05) is 0 Å². The Bertz CT molecular complexity index is 200. The zero-order valence-corrected chi connectivity index (χ0v) is 12.0. The normalized spacial score (nSPS) is 3.71. The second-order valence-electron chi connectivity index (χ2n) is 1.33. The summed E-state index contributed by atoms with van der Waals surface area (Å²) < 4.78 is 40.3. The predicted octanol–water partition coefficient (Wildman–Crippen LogP) is 1.05. The summed E-state index contributed by atoms with van der Waals surface area (Å²) in [5.74, 6) is 0. The maximum absolute atomic E-state index is 7.50. The van der Waals surface area contributed by atoms with Gasteiger partial charge in [0.25, 0.3) is 0 Å². The van der Waals surface area contributed by atoms with E-state index < -0.39 is 0 Å². The van der Waals surface area contributed by atoms with Crippen molar-refractivity contribution in [2.75, 3.05) is 6.54 Å². The molecule has 0 radical (unpaired) electrons. The molecule has 0 saturated heterocycles. The molecule has 0 spiro atoms. The molecule has 6 nitrogen and oxygen atoms in total. The van der Waals surface area contributed by atoms with Gasteiger partial charge < -0.3 is 0 Å². The number of aliphatic imine (C=N–C) groups is 1. The van der Waals surface area contributed by atoms with Crippen LogP contribution in [0.2, 0.25) is 0 Å². The number of nitrogens with zero attached hydrogens (tertiary/aromatic N) is 1. The fourth-order valence-electron chi connectivity index (χ4n) is 0.283. The Balaban J connectivity index is -0.0000000257. The second-order valence-corrected chi connectivity index (χ2v) is 1.98. The first-order chi connectivity index (χ1) is 8.41. The van der Waals surface area contributed by atoms with Crippen LogP contribution < -0.4 is 0 Å². The third-order valence-corrected chi connectivity index (χ3v) is 1.15. The zero-order chi connectivity index (χ0) is 15.5. The van der Waals surface area contributed by atoms with Gasteiger partial charge in [0.1, 0.15) is 0 Å². The second kappa shape index (κ2) is 185. The minimum absolute atomic E-state index is 0.972. The van der Waals surface area contributed by atoms with Gasteiger partial charge in [-0.25, -0.2) is 0 Å². The molecule has 0 amide bonds. The molecular weight excluding hydrogens is 398 g/mol. The van der Waals surface area contributed by atoms with Crippen molar-refractivity contribution >= 4 is 4.19 Å². The number of rotatable bonds is 3. The van der Waals surface area contributed by atoms with Gasteiger partial charge in [-0.05, 0) is 0 Å². The van der Waals surface area contributed by atoms with Crippen LogP contribution >= 0.6 is 0 Å². The maximum atomic E-state index is 7.50. The third-order valence-electron chi connectivity index (χ3n) is 0.688. The van der Waals surface area contributed by atoms with E-state index in [9.17, 15) is 0 Å². The molecule has 0 aromatic heterocycles. The summed E-state index contributed by atoms with van der Waals surface area (Å²) in [7, 11) is 0. The van der Waals surface area contributed by atoms with Crippen molar-refractivity contribution in [1.82, 2.24) is 0 Å². The zero-order valence-electron chi connectivity index (χ0n) is 9.02. The third kappa shape index (κ3) is 286. The molecule has 0 bridgehead atoms. The number of hydrogen-bond donors (Lipinski definition) is 0. The van der Waals surface area contributed by atoms with Crippen molar-refractivity contribution in [3.8, 4) is 0 Å². The van der Waals surface area contributed by atoms with Gasteiger partial charge in [0, 0.05) is 0 Å². The Morgan fingerprint density at radius 3 is 1.35 bits per heavy atom. The Labute approximate surface area is 112 Å². The first-order valence-corrected chi connectivity index (χ1v) is 4.94. The van der Waals surface area contributed by atoms with E-state index in [0.717, 1.165) is 6.54 Å². The molecule has 7 heteroatoms. The van der Waals surface area contributed by atoms with Crippen LogP contribution in [0.4, 0.5) is 0 Å². The van der Waals surface area contributed by atoms with Gasteiger partial charge in [0.2, 0.25) is 0 Å². The molecule has 0 saturated carbocycles. The van der Waals surface area contributed by atoms with Crippen LogP contribution in [0.3, 0.4) is 0 Å². The van der Waals surface area contributed by atoms with Crippen LogP contribution in [0.15, 0.2) is 4.99 Å². The Kier molecular flexibility index (Phi) is 393. The number of unbranched alkanes of at least 4 members (excludes halogenated alkanes) is 1. The molecule has 0 fully saturated rings. The molecule has 0 aromatic rings. The SMILES string of the molecule is CCCCN=[C]=[W].[C-]#[O+].[C-]#[O+].[C-]#[O+].[C-]#[O+].[C-]#[O+]. The van der Waals surface area contributed by atoms with Gasteiger partial charge in [0.05, 0.1) is 0 Å². The van der Waals surface area contributed by atoms with Crippen LogP contribution in [0.1, 0.15) is 19.8 Å². The number of hydrogen-bond acceptors (Lipinski definition) is 1. The van der Waals surface area contributed by atoms with Crippen molar-refractivity contribution < 1.29 is 42.6 Å². The van der Waals surface area contributed by atoms with Crippen molar-refractivity contribution in [3.63, 3.8) is 0 Å². The molecule has 0 unspecified atom stereocenters. The molecule has 0 aliphatic heterocycles. The molecule has 0 aromatic carbocycles. The molecule has 0 heterocycles. The summed E-state index contributed by atoms with van der Waals surface area (Å²) in [5, 5.41) is 0. The molecule has 90 valence electrons. The summed E-state index contributed by atoms with van der Waals surface area (Å²) in [4.78, 5) is 3.95. The fraction of sp³-hybridized carbons (Fsp3) is 0.400. The molecule has 0 aliphatic carbocycles. The van der Waals surface area contributed by atoms with Gasteiger partial charge in [-0.2, -0.15) is 0 Å². The van der Waals surface area contributed by atoms with Crippen molar-refractivity contribution in [2.24, 2.45) is 4.99 Å². The quantitative estimate of drug-likeness (QED) is 0.288. The molecule has 0 aliphatic rings. The Morgan fingerprint density at radius 2 is 1.18 bits per heavy atom. The van der Waals surface area contributed by atoms with E-state index in [-0.39, 0.29) is 0 Å². The summed E-state index contributed by atoms with van der Waals surface area (Å²) in [6, 6.07) is 0. The van der Waals surface area contributed by atoms with E-state index in [0.29, 0.717) is 0 Å². The van der Waals surface area contributed by atoms with Gasteiger partial charge in [-0.15, -0.1) is 0 Å². The monoisotopic (exact) mass is 407 g/mol. The summed E-state index contributed by atoms with van der Waals surface area (Å²) in [6.07, 6.45) is 2.45. The Morgan fingerprint density at radius 1 is 0.882 bits per heavy atom. The summed E-state index contributed by atoms with van der Waals surface area (Å²) in [6.45, 7) is 25.6. The summed E-state index contributed by atoms with van der Waals surface area (Å²) in [5.41, 5.74) is 0. The van der Waals surface area contributed by atoms with E-state index >= 15 is 0 Å². The van der Waals surface area contributed by atoms with Crippen LogP contribution in [0.5, 0.6) is 0 Å². The van der Waals surface area contributed by atoms with E-state index in [1.165, 1.54) is 32.2 Å². The van der Waals surface area contributed by atoms with Crippen molar-refractivity contribution in [3.05, 3.63) is 33.3 Å². The standard InChI is InChI=1S/C5H9N.5CO.W/c1-3-4-5-6-2;5*1-2;/h3-5H2,1H3;;;;;;. The molecule has 0 N–H and O–H groups in total. The van der Waals surface area contributed by atoms with E-state index in [2.05, 4.69) is 49.4 Å². The summed E-state index contributed by atoms with van der Waals surface area (Å²) >= 11 is 1.33. The van der Waals surface area contributed by atoms with E-state index in [1.54, 1.807) is 0 Å². The first-order valence-electron chi connectivity index (χ1n) is 3.47. The fourth-order valence-corrected chi connectivity index (χ4v) is 0.611. The van der Waals surface area contributed by atoms with Crippen molar-refractivity contribution in [2.45, 2.75) is 19.8 Å². The van der Waals surface area contributed by atoms with E-state index in [4.69, 9.17) is 23.3 Å². The molecule has 17 heavy (non-hydrogen) atoms. The van der Waals surface area contributed by atoms with Gasteiger partial charge >= 0.3 is 111 Å². The van der Waals surface area contributed by atoms with Crippen LogP contribution in [0, 0.1) is 33.3 Å². The molecule has 0 atom stereocenters. The van der Waals surface area contributed by atoms with Gasteiger partial charge in [-0.3, -0.25) is 0 Å².